The summed E-state index contributed by atoms with van der Waals surface area (Å²) in [6.07, 6.45) is 7.38. The first-order valence-corrected chi connectivity index (χ1v) is 7.35. The largest absolute Gasteiger partial charge is 0.313 e. The Morgan fingerprint density at radius 3 is 3.00 bits per heavy atom. The van der Waals surface area contributed by atoms with E-state index >= 15 is 0 Å². The first-order chi connectivity index (χ1) is 8.86. The van der Waals surface area contributed by atoms with Gasteiger partial charge < -0.3 is 5.32 Å². The van der Waals surface area contributed by atoms with Crippen molar-refractivity contribution in [2.75, 3.05) is 13.1 Å². The summed E-state index contributed by atoms with van der Waals surface area (Å²) in [6.45, 7) is 6.62. The van der Waals surface area contributed by atoms with E-state index < -0.39 is 0 Å². The minimum absolute atomic E-state index is 0.712. The first kappa shape index (κ1) is 12.2. The van der Waals surface area contributed by atoms with Crippen LogP contribution in [0.2, 0.25) is 0 Å². The van der Waals surface area contributed by atoms with E-state index in [9.17, 15) is 0 Å². The molecule has 18 heavy (non-hydrogen) atoms. The number of nitrogens with zero attached hydrogens (tertiary/aromatic N) is 3. The van der Waals surface area contributed by atoms with E-state index in [1.54, 1.807) is 0 Å². The fourth-order valence-electron chi connectivity index (χ4n) is 2.97. The van der Waals surface area contributed by atoms with Gasteiger partial charge in [-0.15, -0.1) is 0 Å². The summed E-state index contributed by atoms with van der Waals surface area (Å²) >= 11 is 0. The third-order valence-electron chi connectivity index (χ3n) is 4.15. The van der Waals surface area contributed by atoms with Gasteiger partial charge >= 0.3 is 0 Å². The van der Waals surface area contributed by atoms with Gasteiger partial charge in [0, 0.05) is 37.9 Å². The van der Waals surface area contributed by atoms with Crippen molar-refractivity contribution < 1.29 is 0 Å². The number of rotatable bonds is 6. The van der Waals surface area contributed by atoms with E-state index in [1.165, 1.54) is 44.5 Å². The monoisotopic (exact) mass is 248 g/mol. The topological polar surface area (TPSA) is 33.1 Å². The zero-order valence-corrected chi connectivity index (χ0v) is 11.3. The van der Waals surface area contributed by atoms with E-state index in [2.05, 4.69) is 33.0 Å². The highest BCUT2D eigenvalue weighted by molar-refractivity contribution is 5.02. The van der Waals surface area contributed by atoms with Crippen molar-refractivity contribution in [1.82, 2.24) is 20.0 Å². The molecule has 0 amide bonds. The summed E-state index contributed by atoms with van der Waals surface area (Å²) in [7, 11) is 0. The highest BCUT2D eigenvalue weighted by atomic mass is 15.3. The molecule has 0 unspecified atom stereocenters. The van der Waals surface area contributed by atoms with Gasteiger partial charge in [-0.2, -0.15) is 5.10 Å². The second-order valence-corrected chi connectivity index (χ2v) is 5.59. The van der Waals surface area contributed by atoms with Gasteiger partial charge in [-0.05, 0) is 45.2 Å². The van der Waals surface area contributed by atoms with Crippen LogP contribution in [0, 0.1) is 0 Å². The van der Waals surface area contributed by atoms with Crippen LogP contribution >= 0.6 is 0 Å². The quantitative estimate of drug-likeness (QED) is 0.830. The molecule has 2 heterocycles. The van der Waals surface area contributed by atoms with Crippen LogP contribution in [0.4, 0.5) is 0 Å². The van der Waals surface area contributed by atoms with E-state index in [4.69, 9.17) is 0 Å². The Hall–Kier alpha value is -0.870. The molecule has 1 aromatic heterocycles. The van der Waals surface area contributed by atoms with Gasteiger partial charge in [0.25, 0.3) is 0 Å². The lowest BCUT2D eigenvalue weighted by molar-refractivity contribution is 0.224. The Labute approximate surface area is 109 Å². The Morgan fingerprint density at radius 1 is 1.44 bits per heavy atom. The van der Waals surface area contributed by atoms with Crippen LogP contribution < -0.4 is 5.32 Å². The molecule has 0 spiro atoms. The molecule has 2 fully saturated rings. The third kappa shape index (κ3) is 2.75. The Balaban J connectivity index is 1.62. The maximum absolute atomic E-state index is 4.37. The Kier molecular flexibility index (Phi) is 3.66. The second-order valence-electron chi connectivity index (χ2n) is 5.59. The summed E-state index contributed by atoms with van der Waals surface area (Å²) in [4.78, 5) is 2.66. The molecule has 100 valence electrons. The Morgan fingerprint density at radius 2 is 2.33 bits per heavy atom. The van der Waals surface area contributed by atoms with Gasteiger partial charge in [0.1, 0.15) is 0 Å². The smallest absolute Gasteiger partial charge is 0.0524 e. The lowest BCUT2D eigenvalue weighted by atomic mass is 10.2. The molecule has 4 nitrogen and oxygen atoms in total. The molecule has 4 heteroatoms. The molecule has 1 N–H and O–H groups in total. The van der Waals surface area contributed by atoms with Gasteiger partial charge in [0.15, 0.2) is 0 Å². The molecule has 1 aliphatic heterocycles. The summed E-state index contributed by atoms with van der Waals surface area (Å²) in [6, 6.07) is 3.71. The Bertz CT molecular complexity index is 377. The molecule has 1 saturated carbocycles. The van der Waals surface area contributed by atoms with Gasteiger partial charge in [0.2, 0.25) is 0 Å². The number of nitrogens with one attached hydrogen (secondary N) is 1. The van der Waals surface area contributed by atoms with Crippen molar-refractivity contribution in [2.24, 2.45) is 0 Å². The summed E-state index contributed by atoms with van der Waals surface area (Å²) in [5.41, 5.74) is 1.36. The van der Waals surface area contributed by atoms with Crippen molar-refractivity contribution in [1.29, 1.82) is 0 Å². The van der Waals surface area contributed by atoms with Gasteiger partial charge in [0.05, 0.1) is 5.69 Å². The van der Waals surface area contributed by atoms with Crippen molar-refractivity contribution in [2.45, 2.75) is 57.8 Å². The van der Waals surface area contributed by atoms with Crippen LogP contribution in [0.1, 0.15) is 38.3 Å². The van der Waals surface area contributed by atoms with Gasteiger partial charge in [-0.1, -0.05) is 0 Å². The first-order valence-electron chi connectivity index (χ1n) is 7.35. The highest BCUT2D eigenvalue weighted by Crippen LogP contribution is 2.29. The van der Waals surface area contributed by atoms with Crippen LogP contribution in [0.5, 0.6) is 0 Å². The SMILES string of the molecule is CCn1nccc1CN(C[C@@H]1CCCN1)C1CC1. The molecule has 1 aliphatic carbocycles. The van der Waals surface area contributed by atoms with E-state index in [0.717, 1.165) is 19.1 Å². The maximum Gasteiger partial charge on any atom is 0.0524 e. The maximum atomic E-state index is 4.37. The zero-order chi connectivity index (χ0) is 12.4. The van der Waals surface area contributed by atoms with Crippen LogP contribution in [0.25, 0.3) is 0 Å². The van der Waals surface area contributed by atoms with Crippen LogP contribution in [-0.4, -0.2) is 39.9 Å². The third-order valence-corrected chi connectivity index (χ3v) is 4.15. The average molecular weight is 248 g/mol. The molecule has 2 aliphatic rings. The van der Waals surface area contributed by atoms with Gasteiger partial charge in [-0.3, -0.25) is 9.58 Å². The predicted octanol–water partition coefficient (Wildman–Crippen LogP) is 1.62. The summed E-state index contributed by atoms with van der Waals surface area (Å²) < 4.78 is 2.12. The second kappa shape index (κ2) is 5.41. The molecule has 1 saturated heterocycles. The van der Waals surface area contributed by atoms with E-state index in [0.29, 0.717) is 6.04 Å². The summed E-state index contributed by atoms with van der Waals surface area (Å²) in [5.74, 6) is 0. The molecular weight excluding hydrogens is 224 g/mol. The van der Waals surface area contributed by atoms with Crippen molar-refractivity contribution >= 4 is 0 Å². The van der Waals surface area contributed by atoms with Crippen molar-refractivity contribution in [3.8, 4) is 0 Å². The number of aromatic nitrogens is 2. The van der Waals surface area contributed by atoms with Crippen LogP contribution in [-0.2, 0) is 13.1 Å². The molecule has 0 radical (unpaired) electrons. The fourth-order valence-corrected chi connectivity index (χ4v) is 2.97. The lowest BCUT2D eigenvalue weighted by Crippen LogP contribution is -2.38. The molecule has 3 rings (SSSR count). The van der Waals surface area contributed by atoms with Crippen molar-refractivity contribution in [3.05, 3.63) is 18.0 Å². The van der Waals surface area contributed by atoms with Crippen LogP contribution in [0.3, 0.4) is 0 Å². The van der Waals surface area contributed by atoms with E-state index in [-0.39, 0.29) is 0 Å². The average Bonchev–Trinajstić information content (AvgIpc) is 2.92. The number of aryl methyl sites for hydroxylation is 1. The minimum Gasteiger partial charge on any atom is -0.313 e. The normalized spacial score (nSPS) is 24.0. The fraction of sp³-hybridized carbons (Fsp3) is 0.786. The molecule has 1 aromatic rings. The highest BCUT2D eigenvalue weighted by Gasteiger charge is 2.31. The van der Waals surface area contributed by atoms with Crippen LogP contribution in [0.15, 0.2) is 12.3 Å². The standard InChI is InChI=1S/C14H24N4/c1-2-18-14(7-9-16-18)11-17(13-5-6-13)10-12-4-3-8-15-12/h7,9,12-13,15H,2-6,8,10-11H2,1H3/t12-/m0/s1. The van der Waals surface area contributed by atoms with E-state index in [1.807, 2.05) is 6.20 Å². The minimum atomic E-state index is 0.712. The molecular formula is C14H24N4. The van der Waals surface area contributed by atoms with Crippen molar-refractivity contribution in [3.63, 3.8) is 0 Å². The zero-order valence-electron chi connectivity index (χ0n) is 11.3. The predicted molar refractivity (Wildman–Crippen MR) is 72.4 cm³/mol. The molecule has 0 aromatic carbocycles. The van der Waals surface area contributed by atoms with Gasteiger partial charge in [-0.25, -0.2) is 0 Å². The number of hydrogen-bond donors (Lipinski definition) is 1. The number of hydrogen-bond acceptors (Lipinski definition) is 3. The molecule has 0 bridgehead atoms. The lowest BCUT2D eigenvalue weighted by Gasteiger charge is -2.25. The molecule has 1 atom stereocenters. The summed E-state index contributed by atoms with van der Waals surface area (Å²) in [5, 5.41) is 7.99.